The highest BCUT2D eigenvalue weighted by atomic mass is 32.1. The number of aliphatic carboxylic acids is 1. The van der Waals surface area contributed by atoms with E-state index in [1.165, 1.54) is 29.6 Å². The van der Waals surface area contributed by atoms with Crippen LogP contribution in [0.15, 0.2) is 29.6 Å². The van der Waals surface area contributed by atoms with Crippen LogP contribution in [0.1, 0.15) is 33.9 Å². The van der Waals surface area contributed by atoms with Crippen molar-refractivity contribution in [3.63, 3.8) is 0 Å². The lowest BCUT2D eigenvalue weighted by Crippen LogP contribution is -2.38. The lowest BCUT2D eigenvalue weighted by molar-refractivity contribution is -0.201. The molecule has 1 amide bonds. The van der Waals surface area contributed by atoms with Crippen LogP contribution in [0.25, 0.3) is 0 Å². The minimum atomic E-state index is -5.38. The van der Waals surface area contributed by atoms with Gasteiger partial charge in [-0.3, -0.25) is 19.8 Å². The van der Waals surface area contributed by atoms with Gasteiger partial charge in [0.1, 0.15) is 18.1 Å². The van der Waals surface area contributed by atoms with Gasteiger partial charge in [-0.25, -0.2) is 14.6 Å². The number of nitrogen functional groups attached to an aromatic ring is 1. The second-order valence-corrected chi connectivity index (χ2v) is 8.12. The maximum atomic E-state index is 12.4. The van der Waals surface area contributed by atoms with Gasteiger partial charge in [0.25, 0.3) is 0 Å². The Hall–Kier alpha value is -4.34. The van der Waals surface area contributed by atoms with E-state index < -0.39 is 55.5 Å². The summed E-state index contributed by atoms with van der Waals surface area (Å²) in [5.41, 5.74) is 5.73. The molecule has 0 saturated carbocycles. The third kappa shape index (κ3) is 9.32. The average Bonchev–Trinajstić information content (AvgIpc) is 3.29. The number of nitrogens with zero attached hydrogens (tertiary/aromatic N) is 2. The van der Waals surface area contributed by atoms with Crippen molar-refractivity contribution in [3.05, 3.63) is 45.9 Å². The number of nitrogens with two attached hydrogens (primary N) is 1. The smallest absolute Gasteiger partial charge is 0.480 e. The second-order valence-electron chi connectivity index (χ2n) is 7.17. The molecule has 2 aromatic rings. The van der Waals surface area contributed by atoms with Gasteiger partial charge in [0.15, 0.2) is 5.69 Å². The Bertz CT molecular complexity index is 1200. The molecule has 0 saturated heterocycles. The predicted octanol–water partition coefficient (Wildman–Crippen LogP) is 1.51. The third-order valence-corrected chi connectivity index (χ3v) is 5.30. The summed E-state index contributed by atoms with van der Waals surface area (Å²) in [6.07, 6.45) is -6.54. The van der Waals surface area contributed by atoms with Crippen molar-refractivity contribution in [3.8, 4) is 5.75 Å². The standard InChI is InChI=1S/C21H19F3N4O8S/c22-21(23,24)20(34)36-17(32)7-8-28(9-16(30)31)15(29)6-5-14-27-13(10-37-14)19(33)35-12-3-1-11(2-4-12)18(25)26/h1-4,10H,5-9H2,(H3,25,26)(H,30,31). The van der Waals surface area contributed by atoms with Gasteiger partial charge in [-0.1, -0.05) is 0 Å². The number of alkyl halides is 3. The topological polar surface area (TPSA) is 190 Å². The van der Waals surface area contributed by atoms with Crippen molar-refractivity contribution in [2.24, 2.45) is 5.73 Å². The molecule has 12 nitrogen and oxygen atoms in total. The number of carbonyl (C=O) groups is 5. The van der Waals surface area contributed by atoms with E-state index in [0.29, 0.717) is 15.5 Å². The predicted molar refractivity (Wildman–Crippen MR) is 119 cm³/mol. The van der Waals surface area contributed by atoms with E-state index in [1.807, 2.05) is 0 Å². The zero-order valence-electron chi connectivity index (χ0n) is 18.7. The molecule has 0 atom stereocenters. The van der Waals surface area contributed by atoms with E-state index in [-0.39, 0.29) is 30.1 Å². The van der Waals surface area contributed by atoms with Crippen LogP contribution in [-0.2, 0) is 30.3 Å². The number of aryl methyl sites for hydroxylation is 1. The van der Waals surface area contributed by atoms with Crippen LogP contribution in [-0.4, -0.2) is 69.9 Å². The number of halogens is 3. The molecule has 0 unspecified atom stereocenters. The Morgan fingerprint density at radius 1 is 1.11 bits per heavy atom. The molecule has 198 valence electrons. The molecule has 0 aliphatic rings. The van der Waals surface area contributed by atoms with Gasteiger partial charge in [0.2, 0.25) is 5.91 Å². The van der Waals surface area contributed by atoms with Gasteiger partial charge in [-0.2, -0.15) is 13.2 Å². The Morgan fingerprint density at radius 2 is 1.76 bits per heavy atom. The largest absolute Gasteiger partial charge is 0.491 e. The summed E-state index contributed by atoms with van der Waals surface area (Å²) in [6.45, 7) is -1.45. The molecule has 0 aliphatic heterocycles. The Balaban J connectivity index is 1.91. The van der Waals surface area contributed by atoms with Crippen LogP contribution in [0.5, 0.6) is 5.75 Å². The van der Waals surface area contributed by atoms with E-state index in [2.05, 4.69) is 9.72 Å². The van der Waals surface area contributed by atoms with Crippen molar-refractivity contribution < 1.29 is 51.7 Å². The van der Waals surface area contributed by atoms with Crippen LogP contribution in [0.4, 0.5) is 13.2 Å². The number of carboxylic acid groups (broad SMARTS) is 1. The van der Waals surface area contributed by atoms with Gasteiger partial charge in [0, 0.05) is 30.3 Å². The molecule has 0 aliphatic carbocycles. The molecule has 0 radical (unpaired) electrons. The highest BCUT2D eigenvalue weighted by Gasteiger charge is 2.42. The fourth-order valence-electron chi connectivity index (χ4n) is 2.65. The first kappa shape index (κ1) is 28.9. The second kappa shape index (κ2) is 12.6. The lowest BCUT2D eigenvalue weighted by Gasteiger charge is -2.20. The van der Waals surface area contributed by atoms with E-state index in [0.717, 1.165) is 11.3 Å². The Labute approximate surface area is 210 Å². The zero-order valence-corrected chi connectivity index (χ0v) is 19.6. The van der Waals surface area contributed by atoms with Gasteiger partial charge in [0.05, 0.1) is 11.4 Å². The molecule has 0 bridgehead atoms. The molecular weight excluding hydrogens is 525 g/mol. The number of carboxylic acids is 1. The third-order valence-electron chi connectivity index (χ3n) is 4.39. The molecule has 1 aromatic carbocycles. The molecule has 4 N–H and O–H groups in total. The molecular formula is C21H19F3N4O8S. The quantitative estimate of drug-likeness (QED) is 0.123. The first-order chi connectivity index (χ1) is 17.3. The van der Waals surface area contributed by atoms with E-state index in [1.54, 1.807) is 0 Å². The number of rotatable bonds is 11. The van der Waals surface area contributed by atoms with Crippen molar-refractivity contribution in [2.45, 2.75) is 25.4 Å². The minimum absolute atomic E-state index is 0.0167. The maximum Gasteiger partial charge on any atom is 0.491 e. The molecule has 1 aromatic heterocycles. The lowest BCUT2D eigenvalue weighted by atomic mass is 10.2. The Kier molecular flexibility index (Phi) is 9.82. The van der Waals surface area contributed by atoms with Crippen LogP contribution in [0.2, 0.25) is 0 Å². The molecule has 2 rings (SSSR count). The molecule has 1 heterocycles. The summed E-state index contributed by atoms with van der Waals surface area (Å²) < 4.78 is 45.3. The number of hydrogen-bond acceptors (Lipinski definition) is 10. The van der Waals surface area contributed by atoms with Crippen LogP contribution in [0, 0.1) is 5.41 Å². The SMILES string of the molecule is N=C(N)c1ccc(OC(=O)c2csc(CCC(=O)N(CCC(=O)OC(=O)C(F)(F)F)CC(=O)O)n2)cc1. The molecule has 0 spiro atoms. The fourth-order valence-corrected chi connectivity index (χ4v) is 3.41. The minimum Gasteiger partial charge on any atom is -0.480 e. The number of aromatic nitrogens is 1. The van der Waals surface area contributed by atoms with E-state index in [9.17, 15) is 37.1 Å². The first-order valence-electron chi connectivity index (χ1n) is 10.2. The summed E-state index contributed by atoms with van der Waals surface area (Å²) in [5, 5.41) is 18.0. The molecule has 37 heavy (non-hydrogen) atoms. The average molecular weight is 544 g/mol. The van der Waals surface area contributed by atoms with Crippen LogP contribution >= 0.6 is 11.3 Å². The number of nitrogens with one attached hydrogen (secondary N) is 1. The summed E-state index contributed by atoms with van der Waals surface area (Å²) in [6, 6.07) is 5.85. The van der Waals surface area contributed by atoms with Gasteiger partial charge >= 0.3 is 30.1 Å². The number of amides is 1. The van der Waals surface area contributed by atoms with Gasteiger partial charge in [-0.15, -0.1) is 11.3 Å². The van der Waals surface area contributed by atoms with Crippen molar-refractivity contribution in [1.29, 1.82) is 5.41 Å². The van der Waals surface area contributed by atoms with E-state index in [4.69, 9.17) is 21.0 Å². The van der Waals surface area contributed by atoms with Crippen molar-refractivity contribution in [2.75, 3.05) is 13.1 Å². The summed E-state index contributed by atoms with van der Waals surface area (Å²) in [5.74, 6) is -7.27. The highest BCUT2D eigenvalue weighted by molar-refractivity contribution is 7.09. The van der Waals surface area contributed by atoms with Crippen LogP contribution in [0.3, 0.4) is 0 Å². The van der Waals surface area contributed by atoms with Gasteiger partial charge < -0.3 is 25.2 Å². The molecule has 0 fully saturated rings. The highest BCUT2D eigenvalue weighted by Crippen LogP contribution is 2.18. The number of benzene rings is 1. The summed E-state index contributed by atoms with van der Waals surface area (Å²) in [4.78, 5) is 62.6. The number of hydrogen-bond donors (Lipinski definition) is 3. The number of thiazole rings is 1. The van der Waals surface area contributed by atoms with Crippen molar-refractivity contribution in [1.82, 2.24) is 9.88 Å². The van der Waals surface area contributed by atoms with Crippen molar-refractivity contribution >= 4 is 47.0 Å². The number of carbonyl (C=O) groups excluding carboxylic acids is 4. The first-order valence-corrected chi connectivity index (χ1v) is 11.1. The summed E-state index contributed by atoms with van der Waals surface area (Å²) >= 11 is 1.03. The Morgan fingerprint density at radius 3 is 2.32 bits per heavy atom. The normalized spacial score (nSPS) is 10.9. The number of ether oxygens (including phenoxy) is 2. The van der Waals surface area contributed by atoms with Gasteiger partial charge in [-0.05, 0) is 24.3 Å². The maximum absolute atomic E-state index is 12.4. The zero-order chi connectivity index (χ0) is 27.8. The molecule has 16 heteroatoms. The van der Waals surface area contributed by atoms with E-state index >= 15 is 0 Å². The number of amidine groups is 1. The van der Waals surface area contributed by atoms with Crippen LogP contribution < -0.4 is 10.5 Å². The number of esters is 3. The monoisotopic (exact) mass is 544 g/mol. The summed E-state index contributed by atoms with van der Waals surface area (Å²) in [7, 11) is 0. The fraction of sp³-hybridized carbons (Fsp3) is 0.286.